The van der Waals surface area contributed by atoms with Gasteiger partial charge in [0.05, 0.1) is 11.0 Å². The standard InChI is InChI=1S/C9H11N5/c1-5-3-2-4-6-7(5)13-9(12-6)14-8(10)11/h2-4H,1H3,(H5,10,11,12,13,14). The van der Waals surface area contributed by atoms with Crippen LogP contribution in [0.1, 0.15) is 5.56 Å². The summed E-state index contributed by atoms with van der Waals surface area (Å²) >= 11 is 0. The van der Waals surface area contributed by atoms with Crippen molar-refractivity contribution < 1.29 is 0 Å². The Labute approximate surface area is 80.8 Å². The van der Waals surface area contributed by atoms with Crippen LogP contribution in [-0.2, 0) is 0 Å². The Morgan fingerprint density at radius 1 is 1.43 bits per heavy atom. The molecule has 2 rings (SSSR count). The van der Waals surface area contributed by atoms with Gasteiger partial charge in [0, 0.05) is 0 Å². The third-order valence-corrected chi connectivity index (χ3v) is 1.94. The summed E-state index contributed by atoms with van der Waals surface area (Å²) in [6.45, 7) is 1.99. The lowest BCUT2D eigenvalue weighted by molar-refractivity contribution is 1.24. The number of guanidine groups is 1. The molecule has 0 bridgehead atoms. The van der Waals surface area contributed by atoms with Crippen LogP contribution in [0.5, 0.6) is 0 Å². The number of rotatable bonds is 1. The first-order valence-electron chi connectivity index (χ1n) is 4.22. The molecule has 0 saturated carbocycles. The van der Waals surface area contributed by atoms with Crippen LogP contribution in [0.2, 0.25) is 0 Å². The van der Waals surface area contributed by atoms with E-state index in [4.69, 9.17) is 11.5 Å². The maximum absolute atomic E-state index is 5.25. The zero-order chi connectivity index (χ0) is 10.1. The second kappa shape index (κ2) is 3.02. The number of aromatic amines is 1. The fourth-order valence-electron chi connectivity index (χ4n) is 1.34. The maximum atomic E-state index is 5.25. The molecule has 0 atom stereocenters. The monoisotopic (exact) mass is 189 g/mol. The summed E-state index contributed by atoms with van der Waals surface area (Å²) in [6, 6.07) is 5.87. The number of aryl methyl sites for hydroxylation is 1. The average Bonchev–Trinajstić information content (AvgIpc) is 2.47. The van der Waals surface area contributed by atoms with Gasteiger partial charge in [0.1, 0.15) is 0 Å². The second-order valence-electron chi connectivity index (χ2n) is 3.07. The molecule has 0 aliphatic heterocycles. The lowest BCUT2D eigenvalue weighted by atomic mass is 10.2. The van der Waals surface area contributed by atoms with Crippen molar-refractivity contribution in [3.8, 4) is 0 Å². The molecule has 0 saturated heterocycles. The van der Waals surface area contributed by atoms with E-state index in [1.807, 2.05) is 25.1 Å². The molecule has 14 heavy (non-hydrogen) atoms. The van der Waals surface area contributed by atoms with Gasteiger partial charge in [-0.3, -0.25) is 0 Å². The molecule has 72 valence electrons. The molecule has 1 aromatic heterocycles. The Kier molecular flexibility index (Phi) is 1.85. The van der Waals surface area contributed by atoms with E-state index in [1.165, 1.54) is 0 Å². The van der Waals surface area contributed by atoms with Gasteiger partial charge in [0.2, 0.25) is 5.95 Å². The molecule has 1 heterocycles. The Bertz CT molecular complexity index is 493. The lowest BCUT2D eigenvalue weighted by Crippen LogP contribution is -2.22. The molecular weight excluding hydrogens is 178 g/mol. The highest BCUT2D eigenvalue weighted by Gasteiger charge is 2.02. The topological polar surface area (TPSA) is 93.1 Å². The lowest BCUT2D eigenvalue weighted by Gasteiger charge is -1.90. The number of para-hydroxylation sites is 1. The Hall–Kier alpha value is -2.04. The van der Waals surface area contributed by atoms with E-state index in [0.29, 0.717) is 5.95 Å². The summed E-state index contributed by atoms with van der Waals surface area (Å²) in [5, 5.41) is 0. The minimum atomic E-state index is 0.00158. The van der Waals surface area contributed by atoms with Gasteiger partial charge in [-0.05, 0) is 18.6 Å². The highest BCUT2D eigenvalue weighted by molar-refractivity contribution is 5.83. The number of hydrogen-bond donors (Lipinski definition) is 3. The molecule has 0 spiro atoms. The summed E-state index contributed by atoms with van der Waals surface area (Å²) < 4.78 is 0. The average molecular weight is 189 g/mol. The van der Waals surface area contributed by atoms with Crippen molar-refractivity contribution in [1.29, 1.82) is 0 Å². The molecule has 2 aromatic rings. The zero-order valence-electron chi connectivity index (χ0n) is 7.78. The number of hydrogen-bond acceptors (Lipinski definition) is 2. The van der Waals surface area contributed by atoms with Crippen molar-refractivity contribution >= 4 is 22.9 Å². The smallest absolute Gasteiger partial charge is 0.231 e. The number of nitrogens with one attached hydrogen (secondary N) is 1. The van der Waals surface area contributed by atoms with Crippen LogP contribution < -0.4 is 11.5 Å². The first kappa shape index (κ1) is 8.55. The fraction of sp³-hybridized carbons (Fsp3) is 0.111. The Morgan fingerprint density at radius 3 is 2.86 bits per heavy atom. The van der Waals surface area contributed by atoms with Gasteiger partial charge in [0.25, 0.3) is 0 Å². The number of aliphatic imine (C=N–C) groups is 1. The largest absolute Gasteiger partial charge is 0.370 e. The molecule has 5 heteroatoms. The van der Waals surface area contributed by atoms with Gasteiger partial charge in [-0.1, -0.05) is 12.1 Å². The van der Waals surface area contributed by atoms with Gasteiger partial charge in [-0.15, -0.1) is 0 Å². The van der Waals surface area contributed by atoms with E-state index in [1.54, 1.807) is 0 Å². The van der Waals surface area contributed by atoms with Crippen molar-refractivity contribution in [3.05, 3.63) is 23.8 Å². The zero-order valence-corrected chi connectivity index (χ0v) is 7.78. The molecule has 1 aromatic carbocycles. The molecular formula is C9H11N5. The van der Waals surface area contributed by atoms with Crippen LogP contribution in [0.3, 0.4) is 0 Å². The molecule has 0 fully saturated rings. The minimum absolute atomic E-state index is 0.00158. The Balaban J connectivity index is 2.63. The summed E-state index contributed by atoms with van der Waals surface area (Å²) in [5.74, 6) is 0.441. The van der Waals surface area contributed by atoms with Crippen molar-refractivity contribution in [3.63, 3.8) is 0 Å². The highest BCUT2D eigenvalue weighted by atomic mass is 15.1. The van der Waals surface area contributed by atoms with Crippen molar-refractivity contribution in [2.24, 2.45) is 16.5 Å². The Morgan fingerprint density at radius 2 is 2.21 bits per heavy atom. The van der Waals surface area contributed by atoms with E-state index in [0.717, 1.165) is 16.6 Å². The van der Waals surface area contributed by atoms with Crippen LogP contribution in [0.25, 0.3) is 11.0 Å². The molecule has 5 N–H and O–H groups in total. The summed E-state index contributed by atoms with van der Waals surface area (Å²) in [6.07, 6.45) is 0. The quantitative estimate of drug-likeness (QED) is 0.457. The molecule has 0 aliphatic carbocycles. The number of imidazole rings is 1. The van der Waals surface area contributed by atoms with Crippen molar-refractivity contribution in [2.75, 3.05) is 0 Å². The number of nitrogens with zero attached hydrogens (tertiary/aromatic N) is 2. The number of nitrogens with two attached hydrogens (primary N) is 2. The van der Waals surface area contributed by atoms with Gasteiger partial charge in [-0.25, -0.2) is 4.98 Å². The van der Waals surface area contributed by atoms with Crippen LogP contribution in [0.15, 0.2) is 23.2 Å². The number of benzene rings is 1. The second-order valence-corrected chi connectivity index (χ2v) is 3.07. The maximum Gasteiger partial charge on any atom is 0.231 e. The number of H-pyrrole nitrogens is 1. The van der Waals surface area contributed by atoms with Gasteiger partial charge < -0.3 is 16.5 Å². The van der Waals surface area contributed by atoms with E-state index in [9.17, 15) is 0 Å². The van der Waals surface area contributed by atoms with Crippen molar-refractivity contribution in [1.82, 2.24) is 9.97 Å². The molecule has 0 unspecified atom stereocenters. The van der Waals surface area contributed by atoms with E-state index >= 15 is 0 Å². The van der Waals surface area contributed by atoms with Gasteiger partial charge >= 0.3 is 0 Å². The van der Waals surface area contributed by atoms with Gasteiger partial charge in [0.15, 0.2) is 5.96 Å². The molecule has 0 aliphatic rings. The van der Waals surface area contributed by atoms with Crippen LogP contribution in [-0.4, -0.2) is 15.9 Å². The van der Waals surface area contributed by atoms with E-state index < -0.39 is 0 Å². The highest BCUT2D eigenvalue weighted by Crippen LogP contribution is 2.18. The van der Waals surface area contributed by atoms with Crippen LogP contribution >= 0.6 is 0 Å². The molecule has 5 nitrogen and oxygen atoms in total. The van der Waals surface area contributed by atoms with E-state index in [-0.39, 0.29) is 5.96 Å². The SMILES string of the molecule is Cc1cccc2[nH]c(N=C(N)N)nc12. The fourth-order valence-corrected chi connectivity index (χ4v) is 1.34. The number of fused-ring (bicyclic) bond motifs is 1. The first-order valence-corrected chi connectivity index (χ1v) is 4.22. The third kappa shape index (κ3) is 1.39. The summed E-state index contributed by atoms with van der Waals surface area (Å²) in [4.78, 5) is 11.1. The minimum Gasteiger partial charge on any atom is -0.370 e. The number of aromatic nitrogens is 2. The van der Waals surface area contributed by atoms with Crippen molar-refractivity contribution in [2.45, 2.75) is 6.92 Å². The molecule has 0 radical (unpaired) electrons. The van der Waals surface area contributed by atoms with E-state index in [2.05, 4.69) is 15.0 Å². The summed E-state index contributed by atoms with van der Waals surface area (Å²) in [7, 11) is 0. The predicted molar refractivity (Wildman–Crippen MR) is 56.3 cm³/mol. The molecule has 0 amide bonds. The third-order valence-electron chi connectivity index (χ3n) is 1.94. The first-order chi connectivity index (χ1) is 6.66. The van der Waals surface area contributed by atoms with Gasteiger partial charge in [-0.2, -0.15) is 4.99 Å². The summed E-state index contributed by atoms with van der Waals surface area (Å²) in [5.41, 5.74) is 13.4. The van der Waals surface area contributed by atoms with Crippen LogP contribution in [0.4, 0.5) is 5.95 Å². The van der Waals surface area contributed by atoms with Crippen LogP contribution in [0, 0.1) is 6.92 Å². The normalized spacial score (nSPS) is 10.4. The predicted octanol–water partition coefficient (Wildman–Crippen LogP) is 0.776.